The highest BCUT2D eigenvalue weighted by molar-refractivity contribution is 5.80. The van der Waals surface area contributed by atoms with E-state index in [4.69, 9.17) is 5.26 Å². The first-order valence-corrected chi connectivity index (χ1v) is 6.23. The number of hydrogen-bond donors (Lipinski definition) is 1. The van der Waals surface area contributed by atoms with E-state index < -0.39 is 17.3 Å². The number of benzene rings is 1. The summed E-state index contributed by atoms with van der Waals surface area (Å²) in [5.74, 6) is -0.342. The van der Waals surface area contributed by atoms with E-state index >= 15 is 0 Å². The molecule has 0 radical (unpaired) electrons. The summed E-state index contributed by atoms with van der Waals surface area (Å²) in [6, 6.07) is 6.54. The Morgan fingerprint density at radius 1 is 1.30 bits per heavy atom. The summed E-state index contributed by atoms with van der Waals surface area (Å²) < 4.78 is 37.2. The van der Waals surface area contributed by atoms with Crippen LogP contribution in [0.15, 0.2) is 24.3 Å². The molecule has 1 aromatic rings. The maximum absolute atomic E-state index is 12.4. The first-order valence-electron chi connectivity index (χ1n) is 6.23. The van der Waals surface area contributed by atoms with Crippen LogP contribution in [0, 0.1) is 11.3 Å². The fourth-order valence-corrected chi connectivity index (χ4v) is 2.10. The van der Waals surface area contributed by atoms with E-state index in [1.807, 2.05) is 0 Å². The van der Waals surface area contributed by atoms with Crippen molar-refractivity contribution >= 4 is 5.91 Å². The Balaban J connectivity index is 1.97. The molecule has 0 aromatic heterocycles. The van der Waals surface area contributed by atoms with Crippen LogP contribution in [0.2, 0.25) is 0 Å². The molecule has 3 nitrogen and oxygen atoms in total. The highest BCUT2D eigenvalue weighted by atomic mass is 19.4. The summed E-state index contributed by atoms with van der Waals surface area (Å²) >= 11 is 0. The highest BCUT2D eigenvalue weighted by Crippen LogP contribution is 2.31. The molecule has 1 fully saturated rings. The second-order valence-electron chi connectivity index (χ2n) is 4.97. The Morgan fingerprint density at radius 2 is 1.90 bits per heavy atom. The monoisotopic (exact) mass is 282 g/mol. The topological polar surface area (TPSA) is 52.9 Å². The molecule has 1 aliphatic carbocycles. The molecule has 1 saturated carbocycles. The summed E-state index contributed by atoms with van der Waals surface area (Å²) in [7, 11) is 0. The van der Waals surface area contributed by atoms with Gasteiger partial charge >= 0.3 is 6.18 Å². The van der Waals surface area contributed by atoms with Gasteiger partial charge in [-0.2, -0.15) is 18.4 Å². The summed E-state index contributed by atoms with van der Waals surface area (Å²) in [5.41, 5.74) is -1.03. The van der Waals surface area contributed by atoms with Crippen LogP contribution in [0.5, 0.6) is 0 Å². The quantitative estimate of drug-likeness (QED) is 0.926. The molecule has 1 aliphatic rings. The second kappa shape index (κ2) is 5.16. The molecule has 2 rings (SSSR count). The average molecular weight is 282 g/mol. The number of nitriles is 1. The van der Waals surface area contributed by atoms with E-state index in [9.17, 15) is 18.0 Å². The number of nitrogens with one attached hydrogen (secondary N) is 1. The Morgan fingerprint density at radius 3 is 2.30 bits per heavy atom. The first kappa shape index (κ1) is 14.4. The van der Waals surface area contributed by atoms with E-state index in [1.165, 1.54) is 12.1 Å². The second-order valence-corrected chi connectivity index (χ2v) is 4.97. The lowest BCUT2D eigenvalue weighted by Crippen LogP contribution is -2.52. The Hall–Kier alpha value is -2.03. The number of carbonyl (C=O) groups is 1. The lowest BCUT2D eigenvalue weighted by atomic mass is 9.78. The molecule has 0 atom stereocenters. The molecule has 1 amide bonds. The largest absolute Gasteiger partial charge is 0.416 e. The Bertz CT molecular complexity index is 539. The van der Waals surface area contributed by atoms with Gasteiger partial charge in [-0.25, -0.2) is 0 Å². The number of carbonyl (C=O) groups excluding carboxylic acids is 1. The molecule has 0 aliphatic heterocycles. The van der Waals surface area contributed by atoms with Gasteiger partial charge in [-0.05, 0) is 37.0 Å². The molecule has 106 valence electrons. The fourth-order valence-electron chi connectivity index (χ4n) is 2.10. The third-order valence-electron chi connectivity index (χ3n) is 3.45. The van der Waals surface area contributed by atoms with Crippen molar-refractivity contribution in [3.05, 3.63) is 35.4 Å². The van der Waals surface area contributed by atoms with Crippen LogP contribution < -0.4 is 5.32 Å². The molecule has 0 saturated heterocycles. The molecule has 0 spiro atoms. The predicted octanol–water partition coefficient (Wildman–Crippen LogP) is 2.81. The molecule has 0 bridgehead atoms. The van der Waals surface area contributed by atoms with Crippen molar-refractivity contribution in [2.24, 2.45) is 0 Å². The van der Waals surface area contributed by atoms with Crippen LogP contribution >= 0.6 is 0 Å². The maximum atomic E-state index is 12.4. The molecule has 20 heavy (non-hydrogen) atoms. The highest BCUT2D eigenvalue weighted by Gasteiger charge is 2.38. The van der Waals surface area contributed by atoms with Gasteiger partial charge in [0.1, 0.15) is 5.54 Å². The summed E-state index contributed by atoms with van der Waals surface area (Å²) in [6.45, 7) is 0. The first-order chi connectivity index (χ1) is 9.35. The van der Waals surface area contributed by atoms with Gasteiger partial charge in [0.25, 0.3) is 0 Å². The van der Waals surface area contributed by atoms with Crippen molar-refractivity contribution in [1.82, 2.24) is 5.32 Å². The standard InChI is InChI=1S/C14H13F3N2O/c15-14(16,17)11-4-2-10(3-5-11)8-12(20)19-13(9-18)6-1-7-13/h2-5H,1,6-8H2,(H,19,20). The lowest BCUT2D eigenvalue weighted by molar-refractivity contribution is -0.137. The van der Waals surface area contributed by atoms with Crippen LogP contribution in [-0.4, -0.2) is 11.4 Å². The molecule has 0 unspecified atom stereocenters. The van der Waals surface area contributed by atoms with Crippen LogP contribution in [0.25, 0.3) is 0 Å². The van der Waals surface area contributed by atoms with Gasteiger partial charge in [0.05, 0.1) is 18.1 Å². The minimum absolute atomic E-state index is 0.0262. The number of rotatable bonds is 3. The molecule has 1 N–H and O–H groups in total. The molecule has 1 aromatic carbocycles. The number of nitrogens with zero attached hydrogens (tertiary/aromatic N) is 1. The molecule has 0 heterocycles. The fraction of sp³-hybridized carbons (Fsp3) is 0.429. The van der Waals surface area contributed by atoms with Crippen molar-refractivity contribution in [3.63, 3.8) is 0 Å². The van der Waals surface area contributed by atoms with Gasteiger partial charge in [-0.1, -0.05) is 12.1 Å². The normalized spacial score (nSPS) is 16.9. The summed E-state index contributed by atoms with van der Waals surface area (Å²) in [4.78, 5) is 11.8. The SMILES string of the molecule is N#CC1(NC(=O)Cc2ccc(C(F)(F)F)cc2)CCC1. The predicted molar refractivity (Wildman–Crippen MR) is 65.5 cm³/mol. The van der Waals surface area contributed by atoms with E-state index in [-0.39, 0.29) is 12.3 Å². The lowest BCUT2D eigenvalue weighted by Gasteiger charge is -2.35. The minimum Gasteiger partial charge on any atom is -0.338 e. The number of amides is 1. The maximum Gasteiger partial charge on any atom is 0.416 e. The van der Waals surface area contributed by atoms with Crippen molar-refractivity contribution in [3.8, 4) is 6.07 Å². The molecule has 6 heteroatoms. The zero-order chi connectivity index (χ0) is 14.8. The number of halogens is 3. The third kappa shape index (κ3) is 3.10. The molecular weight excluding hydrogens is 269 g/mol. The van der Waals surface area contributed by atoms with E-state index in [1.54, 1.807) is 0 Å². The zero-order valence-electron chi connectivity index (χ0n) is 10.6. The summed E-state index contributed by atoms with van der Waals surface area (Å²) in [6.07, 6.45) is -2.25. The van der Waals surface area contributed by atoms with E-state index in [2.05, 4.69) is 11.4 Å². The van der Waals surface area contributed by atoms with Gasteiger partial charge in [0.15, 0.2) is 0 Å². The minimum atomic E-state index is -4.38. The van der Waals surface area contributed by atoms with Gasteiger partial charge in [-0.3, -0.25) is 4.79 Å². The number of alkyl halides is 3. The van der Waals surface area contributed by atoms with Crippen LogP contribution in [0.4, 0.5) is 13.2 Å². The van der Waals surface area contributed by atoms with Crippen molar-refractivity contribution < 1.29 is 18.0 Å². The van der Waals surface area contributed by atoms with Crippen molar-refractivity contribution in [2.75, 3.05) is 0 Å². The molecular formula is C14H13F3N2O. The Labute approximate surface area is 114 Å². The van der Waals surface area contributed by atoms with E-state index in [0.29, 0.717) is 18.4 Å². The zero-order valence-corrected chi connectivity index (χ0v) is 10.6. The van der Waals surface area contributed by atoms with E-state index in [0.717, 1.165) is 18.6 Å². The van der Waals surface area contributed by atoms with Gasteiger partial charge in [0, 0.05) is 0 Å². The Kier molecular flexibility index (Phi) is 3.71. The number of hydrogen-bond acceptors (Lipinski definition) is 2. The van der Waals surface area contributed by atoms with Crippen molar-refractivity contribution in [2.45, 2.75) is 37.4 Å². The van der Waals surface area contributed by atoms with Crippen molar-refractivity contribution in [1.29, 1.82) is 5.26 Å². The summed E-state index contributed by atoms with van der Waals surface area (Å²) in [5, 5.41) is 11.6. The average Bonchev–Trinajstić information content (AvgIpc) is 2.33. The van der Waals surface area contributed by atoms with Crippen LogP contribution in [0.1, 0.15) is 30.4 Å². The van der Waals surface area contributed by atoms with Gasteiger partial charge in [-0.15, -0.1) is 0 Å². The third-order valence-corrected chi connectivity index (χ3v) is 3.45. The van der Waals surface area contributed by atoms with Crippen LogP contribution in [0.3, 0.4) is 0 Å². The smallest absolute Gasteiger partial charge is 0.338 e. The van der Waals surface area contributed by atoms with Gasteiger partial charge in [0.2, 0.25) is 5.91 Å². The van der Waals surface area contributed by atoms with Gasteiger partial charge < -0.3 is 5.32 Å². The van der Waals surface area contributed by atoms with Crippen LogP contribution in [-0.2, 0) is 17.4 Å².